The van der Waals surface area contributed by atoms with Gasteiger partial charge in [-0.05, 0) is 60.1 Å². The molecular weight excluding hydrogens is 424 g/mol. The molecule has 1 heterocycles. The molecule has 5 nitrogen and oxygen atoms in total. The standard InChI is InChI=1S/C17H20BrClN4OS/c1-5-23(3)11-20-16-10-15(18)17(21-12(16)2)22-25(4,24)14-8-6-13(19)7-9-14/h6-11H,5H2,1-4H3/b20-11-. The number of halogens is 2. The molecule has 0 bridgehead atoms. The molecule has 134 valence electrons. The highest BCUT2D eigenvalue weighted by Crippen LogP contribution is 2.31. The van der Waals surface area contributed by atoms with Crippen LogP contribution in [-0.4, -0.2) is 40.3 Å². The topological polar surface area (TPSA) is 57.9 Å². The molecule has 0 saturated heterocycles. The van der Waals surface area contributed by atoms with Crippen molar-refractivity contribution in [2.24, 2.45) is 9.36 Å². The van der Waals surface area contributed by atoms with Crippen LogP contribution in [0, 0.1) is 6.92 Å². The second kappa shape index (κ2) is 8.29. The molecule has 0 aliphatic heterocycles. The van der Waals surface area contributed by atoms with Crippen LogP contribution in [-0.2, 0) is 9.73 Å². The Morgan fingerprint density at radius 1 is 1.36 bits per heavy atom. The number of hydrogen-bond acceptors (Lipinski definition) is 4. The van der Waals surface area contributed by atoms with E-state index < -0.39 is 9.73 Å². The van der Waals surface area contributed by atoms with Gasteiger partial charge in [0.15, 0.2) is 5.82 Å². The molecule has 1 aromatic heterocycles. The first kappa shape index (κ1) is 19.9. The van der Waals surface area contributed by atoms with E-state index in [2.05, 4.69) is 30.3 Å². The van der Waals surface area contributed by atoms with Gasteiger partial charge < -0.3 is 4.90 Å². The summed E-state index contributed by atoms with van der Waals surface area (Å²) in [5.41, 5.74) is 1.45. The summed E-state index contributed by atoms with van der Waals surface area (Å²) in [6, 6.07) is 8.66. The third-order valence-corrected chi connectivity index (χ3v) is 6.03. The number of aliphatic imine (C=N–C) groups is 1. The van der Waals surface area contributed by atoms with Gasteiger partial charge in [-0.25, -0.2) is 14.2 Å². The number of hydrogen-bond donors (Lipinski definition) is 0. The van der Waals surface area contributed by atoms with E-state index >= 15 is 0 Å². The molecule has 0 N–H and O–H groups in total. The van der Waals surface area contributed by atoms with Gasteiger partial charge in [-0.3, -0.25) is 0 Å². The summed E-state index contributed by atoms with van der Waals surface area (Å²) in [5, 5.41) is 0.591. The zero-order valence-corrected chi connectivity index (χ0v) is 17.7. The van der Waals surface area contributed by atoms with Crippen LogP contribution in [0.25, 0.3) is 0 Å². The fraction of sp³-hybridized carbons (Fsp3) is 0.294. The maximum absolute atomic E-state index is 13.0. The van der Waals surface area contributed by atoms with Crippen molar-refractivity contribution in [3.63, 3.8) is 0 Å². The van der Waals surface area contributed by atoms with Gasteiger partial charge in [-0.1, -0.05) is 11.6 Å². The van der Waals surface area contributed by atoms with E-state index in [4.69, 9.17) is 11.6 Å². The lowest BCUT2D eigenvalue weighted by atomic mass is 10.3. The van der Waals surface area contributed by atoms with Crippen molar-refractivity contribution in [1.82, 2.24) is 9.88 Å². The molecule has 0 amide bonds. The van der Waals surface area contributed by atoms with E-state index in [1.54, 1.807) is 36.9 Å². The Kier molecular flexibility index (Phi) is 6.59. The largest absolute Gasteiger partial charge is 0.366 e. The first-order valence-electron chi connectivity index (χ1n) is 7.62. The molecular formula is C17H20BrClN4OS. The van der Waals surface area contributed by atoms with Crippen molar-refractivity contribution in [3.05, 3.63) is 45.5 Å². The van der Waals surface area contributed by atoms with E-state index in [9.17, 15) is 4.21 Å². The average molecular weight is 444 g/mol. The zero-order valence-electron chi connectivity index (χ0n) is 14.5. The fourth-order valence-corrected chi connectivity index (χ4v) is 3.75. The van der Waals surface area contributed by atoms with Gasteiger partial charge in [0, 0.05) is 29.8 Å². The second-order valence-corrected chi connectivity index (χ2v) is 9.11. The summed E-state index contributed by atoms with van der Waals surface area (Å²) in [6.45, 7) is 4.76. The van der Waals surface area contributed by atoms with Gasteiger partial charge in [-0.15, -0.1) is 0 Å². The minimum Gasteiger partial charge on any atom is -0.366 e. The van der Waals surface area contributed by atoms with E-state index in [0.29, 0.717) is 25.9 Å². The van der Waals surface area contributed by atoms with E-state index in [-0.39, 0.29) is 0 Å². The Morgan fingerprint density at radius 2 is 2.00 bits per heavy atom. The summed E-state index contributed by atoms with van der Waals surface area (Å²) in [7, 11) is -0.687. The Morgan fingerprint density at radius 3 is 2.60 bits per heavy atom. The van der Waals surface area contributed by atoms with Crippen molar-refractivity contribution in [2.75, 3.05) is 19.8 Å². The number of rotatable bonds is 5. The Balaban J connectivity index is 2.43. The summed E-state index contributed by atoms with van der Waals surface area (Å²) < 4.78 is 18.0. The summed E-state index contributed by atoms with van der Waals surface area (Å²) in [5.74, 6) is 0.391. The normalized spacial score (nSPS) is 13.7. The lowest BCUT2D eigenvalue weighted by Crippen LogP contribution is -2.14. The van der Waals surface area contributed by atoms with Crippen molar-refractivity contribution in [1.29, 1.82) is 0 Å². The van der Waals surface area contributed by atoms with Crippen molar-refractivity contribution < 1.29 is 4.21 Å². The van der Waals surface area contributed by atoms with Crippen LogP contribution in [0.4, 0.5) is 11.5 Å². The van der Waals surface area contributed by atoms with E-state index in [1.807, 2.05) is 31.9 Å². The lowest BCUT2D eigenvalue weighted by Gasteiger charge is -2.10. The quantitative estimate of drug-likeness (QED) is 0.471. The molecule has 0 radical (unpaired) electrons. The zero-order chi connectivity index (χ0) is 18.6. The highest BCUT2D eigenvalue weighted by Gasteiger charge is 2.11. The molecule has 1 atom stereocenters. The van der Waals surface area contributed by atoms with Gasteiger partial charge in [0.25, 0.3) is 0 Å². The first-order chi connectivity index (χ1) is 11.7. The number of benzene rings is 1. The van der Waals surface area contributed by atoms with Crippen LogP contribution < -0.4 is 0 Å². The number of aryl methyl sites for hydroxylation is 1. The summed E-state index contributed by atoms with van der Waals surface area (Å²) in [6.07, 6.45) is 3.34. The van der Waals surface area contributed by atoms with Crippen molar-refractivity contribution >= 4 is 55.1 Å². The second-order valence-electron chi connectivity index (χ2n) is 5.56. The highest BCUT2D eigenvalue weighted by atomic mass is 79.9. The van der Waals surface area contributed by atoms with Crippen LogP contribution in [0.2, 0.25) is 5.02 Å². The summed E-state index contributed by atoms with van der Waals surface area (Å²) >= 11 is 9.34. The summed E-state index contributed by atoms with van der Waals surface area (Å²) in [4.78, 5) is 11.4. The number of aromatic nitrogens is 1. The smallest absolute Gasteiger partial charge is 0.176 e. The monoisotopic (exact) mass is 442 g/mol. The molecule has 0 aliphatic rings. The van der Waals surface area contributed by atoms with Gasteiger partial charge in [0.2, 0.25) is 0 Å². The molecule has 0 spiro atoms. The molecule has 8 heteroatoms. The molecule has 0 aliphatic carbocycles. The third-order valence-electron chi connectivity index (χ3n) is 3.53. The van der Waals surface area contributed by atoms with Crippen molar-refractivity contribution in [3.8, 4) is 0 Å². The van der Waals surface area contributed by atoms with Crippen LogP contribution in [0.3, 0.4) is 0 Å². The average Bonchev–Trinajstić information content (AvgIpc) is 2.56. The molecule has 0 fully saturated rings. The van der Waals surface area contributed by atoms with Gasteiger partial charge >= 0.3 is 0 Å². The first-order valence-corrected chi connectivity index (χ1v) is 10.7. The van der Waals surface area contributed by atoms with E-state index in [0.717, 1.165) is 12.2 Å². The lowest BCUT2D eigenvalue weighted by molar-refractivity contribution is 0.552. The Hall–Kier alpha value is -1.44. The fourth-order valence-electron chi connectivity index (χ4n) is 1.90. The SMILES string of the molecule is CCN(C)/C=N\c1cc(Br)c(N=S(C)(=O)c2ccc(Cl)cc2)nc1C. The molecule has 0 saturated carbocycles. The molecule has 2 rings (SSSR count). The van der Waals surface area contributed by atoms with E-state index in [1.165, 1.54) is 0 Å². The predicted molar refractivity (Wildman–Crippen MR) is 109 cm³/mol. The van der Waals surface area contributed by atoms with Crippen LogP contribution >= 0.6 is 27.5 Å². The molecule has 1 aromatic carbocycles. The van der Waals surface area contributed by atoms with Gasteiger partial charge in [0.1, 0.15) is 0 Å². The minimum atomic E-state index is -2.63. The van der Waals surface area contributed by atoms with Crippen LogP contribution in [0.15, 0.2) is 49.1 Å². The van der Waals surface area contributed by atoms with Gasteiger partial charge in [-0.2, -0.15) is 4.36 Å². The number of nitrogens with zero attached hydrogens (tertiary/aromatic N) is 4. The van der Waals surface area contributed by atoms with Crippen LogP contribution in [0.5, 0.6) is 0 Å². The number of pyridine rings is 1. The minimum absolute atomic E-state index is 0.391. The maximum Gasteiger partial charge on any atom is 0.176 e. The Labute approximate surface area is 162 Å². The predicted octanol–water partition coefficient (Wildman–Crippen LogP) is 5.21. The Bertz CT molecular complexity index is 906. The molecule has 1 unspecified atom stereocenters. The van der Waals surface area contributed by atoms with Crippen molar-refractivity contribution in [2.45, 2.75) is 18.7 Å². The highest BCUT2D eigenvalue weighted by molar-refractivity contribution is 9.10. The maximum atomic E-state index is 13.0. The van der Waals surface area contributed by atoms with Crippen LogP contribution in [0.1, 0.15) is 12.6 Å². The molecule has 25 heavy (non-hydrogen) atoms. The third kappa shape index (κ3) is 5.26. The molecule has 2 aromatic rings. The van der Waals surface area contributed by atoms with Gasteiger partial charge in [0.05, 0.1) is 31.9 Å².